The number of anilines is 1. The number of nitrogen functional groups attached to an aromatic ring is 1. The summed E-state index contributed by atoms with van der Waals surface area (Å²) in [6, 6.07) is 2.82. The van der Waals surface area contributed by atoms with E-state index in [0.29, 0.717) is 11.3 Å². The number of nitrogens with two attached hydrogens (primary N) is 2. The predicted molar refractivity (Wildman–Crippen MR) is 66.2 cm³/mol. The molecular formula is C11H19N3O2. The molecule has 16 heavy (non-hydrogen) atoms. The molecule has 0 bridgehead atoms. The minimum absolute atomic E-state index is 0.0342. The zero-order valence-corrected chi connectivity index (χ0v) is 10.2. The molecule has 0 aliphatic rings. The van der Waals surface area contributed by atoms with Crippen LogP contribution in [0.2, 0.25) is 0 Å². The Bertz CT molecular complexity index is 376. The van der Waals surface area contributed by atoms with E-state index in [1.165, 1.54) is 6.07 Å². The third-order valence-corrected chi connectivity index (χ3v) is 2.21. The largest absolute Gasteiger partial charge is 0.398 e. The Hall–Kier alpha value is -1.62. The Balaban J connectivity index is 0.00000106. The molecule has 0 spiro atoms. The van der Waals surface area contributed by atoms with Crippen molar-refractivity contribution in [2.75, 3.05) is 5.73 Å². The van der Waals surface area contributed by atoms with Crippen LogP contribution in [0, 0.1) is 17.0 Å². The van der Waals surface area contributed by atoms with Crippen LogP contribution in [-0.2, 0) is 0 Å². The predicted octanol–water partition coefficient (Wildman–Crippen LogP) is 2.53. The molecule has 0 amide bonds. The molecule has 0 aliphatic heterocycles. The Morgan fingerprint density at radius 3 is 2.25 bits per heavy atom. The third kappa shape index (κ3) is 2.93. The summed E-state index contributed by atoms with van der Waals surface area (Å²) in [5.74, 6) is 0. The second kappa shape index (κ2) is 6.07. The van der Waals surface area contributed by atoms with Crippen LogP contribution >= 0.6 is 0 Å². The highest BCUT2D eigenvalue weighted by molar-refractivity contribution is 5.62. The monoisotopic (exact) mass is 225 g/mol. The lowest BCUT2D eigenvalue weighted by Gasteiger charge is -2.11. The summed E-state index contributed by atoms with van der Waals surface area (Å²) < 4.78 is 0. The van der Waals surface area contributed by atoms with Gasteiger partial charge in [-0.2, -0.15) is 0 Å². The van der Waals surface area contributed by atoms with Gasteiger partial charge in [0.05, 0.1) is 4.92 Å². The molecule has 1 unspecified atom stereocenters. The second-order valence-electron chi connectivity index (χ2n) is 3.26. The zero-order valence-electron chi connectivity index (χ0n) is 10.2. The van der Waals surface area contributed by atoms with Crippen molar-refractivity contribution < 1.29 is 4.92 Å². The Morgan fingerprint density at radius 2 is 1.88 bits per heavy atom. The number of rotatable bonds is 2. The van der Waals surface area contributed by atoms with E-state index >= 15 is 0 Å². The summed E-state index contributed by atoms with van der Waals surface area (Å²) >= 11 is 0. The molecule has 0 fully saturated rings. The molecule has 4 N–H and O–H groups in total. The molecule has 0 radical (unpaired) electrons. The highest BCUT2D eigenvalue weighted by Crippen LogP contribution is 2.29. The summed E-state index contributed by atoms with van der Waals surface area (Å²) in [6.45, 7) is 7.41. The molecule has 1 aromatic carbocycles. The van der Waals surface area contributed by atoms with E-state index in [1.807, 2.05) is 13.8 Å². The molecule has 0 aromatic heterocycles. The lowest BCUT2D eigenvalue weighted by molar-refractivity contribution is -0.385. The van der Waals surface area contributed by atoms with Crippen molar-refractivity contribution in [1.82, 2.24) is 0 Å². The van der Waals surface area contributed by atoms with Gasteiger partial charge in [0.25, 0.3) is 5.69 Å². The summed E-state index contributed by atoms with van der Waals surface area (Å²) in [7, 11) is 0. The van der Waals surface area contributed by atoms with Gasteiger partial charge in [-0.15, -0.1) is 0 Å². The topological polar surface area (TPSA) is 95.2 Å². The van der Waals surface area contributed by atoms with E-state index in [0.717, 1.165) is 5.56 Å². The van der Waals surface area contributed by atoms with Crippen LogP contribution in [0.4, 0.5) is 11.4 Å². The van der Waals surface area contributed by atoms with E-state index in [2.05, 4.69) is 0 Å². The van der Waals surface area contributed by atoms with Crippen LogP contribution in [0.3, 0.4) is 0 Å². The van der Waals surface area contributed by atoms with Gasteiger partial charge in [-0.25, -0.2) is 0 Å². The number of nitrogens with zero attached hydrogens (tertiary/aromatic N) is 1. The van der Waals surface area contributed by atoms with E-state index in [-0.39, 0.29) is 11.7 Å². The first-order chi connectivity index (χ1) is 7.45. The van der Waals surface area contributed by atoms with E-state index in [1.54, 1.807) is 19.9 Å². The van der Waals surface area contributed by atoms with Crippen LogP contribution in [0.15, 0.2) is 12.1 Å². The van der Waals surface area contributed by atoms with Gasteiger partial charge in [0.1, 0.15) is 0 Å². The Labute approximate surface area is 95.6 Å². The average Bonchev–Trinajstić information content (AvgIpc) is 2.23. The van der Waals surface area contributed by atoms with Gasteiger partial charge in [0.15, 0.2) is 0 Å². The molecule has 1 aromatic rings. The molecule has 5 nitrogen and oxygen atoms in total. The minimum Gasteiger partial charge on any atom is -0.398 e. The standard InChI is InChI=1S/C9H13N3O2.C2H6/c1-5-8(12(13)14)4-3-7(6(2)10)9(5)11;1-2/h3-4,6H,10-11H2,1-2H3;1-2H3. The molecule has 5 heteroatoms. The summed E-state index contributed by atoms with van der Waals surface area (Å²) in [5.41, 5.74) is 13.1. The molecule has 0 aliphatic carbocycles. The smallest absolute Gasteiger partial charge is 0.274 e. The van der Waals surface area contributed by atoms with Crippen molar-refractivity contribution >= 4 is 11.4 Å². The fourth-order valence-electron chi connectivity index (χ4n) is 1.33. The highest BCUT2D eigenvalue weighted by Gasteiger charge is 2.16. The first-order valence-electron chi connectivity index (χ1n) is 5.24. The van der Waals surface area contributed by atoms with Gasteiger partial charge in [-0.3, -0.25) is 10.1 Å². The van der Waals surface area contributed by atoms with Crippen molar-refractivity contribution in [3.8, 4) is 0 Å². The first kappa shape index (κ1) is 14.4. The molecule has 0 heterocycles. The van der Waals surface area contributed by atoms with Crippen LogP contribution in [0.5, 0.6) is 0 Å². The SMILES string of the molecule is CC.Cc1c([N+](=O)[O-])ccc(C(C)N)c1N. The normalized spacial score (nSPS) is 11.3. The van der Waals surface area contributed by atoms with Crippen molar-refractivity contribution in [2.24, 2.45) is 5.73 Å². The quantitative estimate of drug-likeness (QED) is 0.459. The summed E-state index contributed by atoms with van der Waals surface area (Å²) in [5, 5.41) is 10.6. The first-order valence-corrected chi connectivity index (χ1v) is 5.24. The van der Waals surface area contributed by atoms with Crippen LogP contribution in [0.1, 0.15) is 37.9 Å². The van der Waals surface area contributed by atoms with Gasteiger partial charge in [0, 0.05) is 23.4 Å². The van der Waals surface area contributed by atoms with Crippen molar-refractivity contribution in [3.63, 3.8) is 0 Å². The van der Waals surface area contributed by atoms with E-state index < -0.39 is 4.92 Å². The fourth-order valence-corrected chi connectivity index (χ4v) is 1.33. The molecule has 0 saturated carbocycles. The lowest BCUT2D eigenvalue weighted by atomic mass is 10.0. The zero-order chi connectivity index (χ0) is 12.9. The Kier molecular flexibility index (Phi) is 5.46. The molecule has 1 atom stereocenters. The van der Waals surface area contributed by atoms with Crippen molar-refractivity contribution in [1.29, 1.82) is 0 Å². The molecule has 90 valence electrons. The van der Waals surface area contributed by atoms with Crippen LogP contribution < -0.4 is 11.5 Å². The maximum absolute atomic E-state index is 10.6. The summed E-state index contributed by atoms with van der Waals surface area (Å²) in [4.78, 5) is 10.1. The third-order valence-electron chi connectivity index (χ3n) is 2.21. The van der Waals surface area contributed by atoms with Gasteiger partial charge in [-0.1, -0.05) is 13.8 Å². The minimum atomic E-state index is -0.448. The number of hydrogen-bond acceptors (Lipinski definition) is 4. The van der Waals surface area contributed by atoms with Gasteiger partial charge >= 0.3 is 0 Å². The van der Waals surface area contributed by atoms with E-state index in [4.69, 9.17) is 11.5 Å². The highest BCUT2D eigenvalue weighted by atomic mass is 16.6. The maximum Gasteiger partial charge on any atom is 0.274 e. The van der Waals surface area contributed by atoms with E-state index in [9.17, 15) is 10.1 Å². The van der Waals surface area contributed by atoms with Crippen LogP contribution in [0.25, 0.3) is 0 Å². The second-order valence-corrected chi connectivity index (χ2v) is 3.26. The fraction of sp³-hybridized carbons (Fsp3) is 0.455. The number of nitro groups is 1. The van der Waals surface area contributed by atoms with Gasteiger partial charge in [0.2, 0.25) is 0 Å². The lowest BCUT2D eigenvalue weighted by Crippen LogP contribution is -2.10. The summed E-state index contributed by atoms with van der Waals surface area (Å²) in [6.07, 6.45) is 0. The van der Waals surface area contributed by atoms with Crippen LogP contribution in [-0.4, -0.2) is 4.92 Å². The van der Waals surface area contributed by atoms with Gasteiger partial charge < -0.3 is 11.5 Å². The number of hydrogen-bond donors (Lipinski definition) is 2. The maximum atomic E-state index is 10.6. The molecule has 1 rings (SSSR count). The molecular weight excluding hydrogens is 206 g/mol. The van der Waals surface area contributed by atoms with Crippen molar-refractivity contribution in [3.05, 3.63) is 33.4 Å². The number of nitro benzene ring substituents is 1. The number of benzene rings is 1. The average molecular weight is 225 g/mol. The van der Waals surface area contributed by atoms with Crippen molar-refractivity contribution in [2.45, 2.75) is 33.7 Å². The van der Waals surface area contributed by atoms with Gasteiger partial charge in [-0.05, 0) is 25.5 Å². The molecule has 0 saturated heterocycles. The Morgan fingerprint density at radius 1 is 1.38 bits per heavy atom.